The molecular weight excluding hydrogens is 334 g/mol. The van der Waals surface area contributed by atoms with Gasteiger partial charge in [0.2, 0.25) is 0 Å². The second-order valence-corrected chi connectivity index (χ2v) is 7.42. The molecule has 6 heteroatoms. The van der Waals surface area contributed by atoms with E-state index in [1.54, 1.807) is 42.5 Å². The van der Waals surface area contributed by atoms with Crippen molar-refractivity contribution in [1.29, 1.82) is 0 Å². The third-order valence-electron chi connectivity index (χ3n) is 3.80. The summed E-state index contributed by atoms with van der Waals surface area (Å²) in [6.07, 6.45) is 1.50. The van der Waals surface area contributed by atoms with Crippen molar-refractivity contribution in [1.82, 2.24) is 4.98 Å². The normalized spacial score (nSPS) is 11.1. The molecule has 0 spiro atoms. The van der Waals surface area contributed by atoms with Crippen LogP contribution < -0.4 is 10.0 Å². The monoisotopic (exact) mass is 353 g/mol. The Morgan fingerprint density at radius 2 is 1.52 bits per heavy atom. The highest BCUT2D eigenvalue weighted by Crippen LogP contribution is 2.24. The number of nitrogens with zero attached hydrogens (tertiary/aromatic N) is 1. The van der Waals surface area contributed by atoms with Crippen molar-refractivity contribution >= 4 is 27.2 Å². The molecule has 1 heterocycles. The van der Waals surface area contributed by atoms with Crippen molar-refractivity contribution < 1.29 is 8.42 Å². The fourth-order valence-electron chi connectivity index (χ4n) is 2.48. The highest BCUT2D eigenvalue weighted by molar-refractivity contribution is 7.92. The summed E-state index contributed by atoms with van der Waals surface area (Å²) in [5, 5.41) is 3.27. The van der Waals surface area contributed by atoms with E-state index in [9.17, 15) is 8.42 Å². The number of anilines is 3. The lowest BCUT2D eigenvalue weighted by Gasteiger charge is -2.12. The van der Waals surface area contributed by atoms with Gasteiger partial charge in [0.15, 0.2) is 0 Å². The predicted molar refractivity (Wildman–Crippen MR) is 101 cm³/mol. The Labute approximate surface area is 147 Å². The number of hydrogen-bond donors (Lipinski definition) is 2. The van der Waals surface area contributed by atoms with Gasteiger partial charge in [0.25, 0.3) is 10.0 Å². The Morgan fingerprint density at radius 3 is 2.12 bits per heavy atom. The van der Waals surface area contributed by atoms with Gasteiger partial charge in [-0.3, -0.25) is 4.72 Å². The molecule has 3 aromatic rings. The minimum absolute atomic E-state index is 0.215. The molecular formula is C19H19N3O2S. The zero-order valence-corrected chi connectivity index (χ0v) is 14.8. The molecule has 128 valence electrons. The van der Waals surface area contributed by atoms with Crippen LogP contribution in [0.4, 0.5) is 17.2 Å². The molecule has 0 fully saturated rings. The number of pyridine rings is 1. The summed E-state index contributed by atoms with van der Waals surface area (Å²) in [5.41, 5.74) is 3.66. The average molecular weight is 353 g/mol. The van der Waals surface area contributed by atoms with Crippen molar-refractivity contribution in [3.8, 4) is 0 Å². The lowest BCUT2D eigenvalue weighted by molar-refractivity contribution is 0.601. The molecule has 0 saturated heterocycles. The summed E-state index contributed by atoms with van der Waals surface area (Å²) in [5.74, 6) is 0.653. The van der Waals surface area contributed by atoms with Crippen LogP contribution in [0.3, 0.4) is 0 Å². The maximum atomic E-state index is 12.3. The molecule has 2 aromatic carbocycles. The van der Waals surface area contributed by atoms with Crippen molar-refractivity contribution in [2.45, 2.75) is 18.7 Å². The van der Waals surface area contributed by atoms with E-state index < -0.39 is 10.0 Å². The summed E-state index contributed by atoms with van der Waals surface area (Å²) >= 11 is 0. The van der Waals surface area contributed by atoms with Gasteiger partial charge in [-0.2, -0.15) is 0 Å². The molecule has 0 radical (unpaired) electrons. The first-order valence-electron chi connectivity index (χ1n) is 7.83. The van der Waals surface area contributed by atoms with E-state index in [0.717, 1.165) is 16.8 Å². The summed E-state index contributed by atoms with van der Waals surface area (Å²) in [6.45, 7) is 4.05. The second-order valence-electron chi connectivity index (χ2n) is 5.74. The van der Waals surface area contributed by atoms with Gasteiger partial charge in [0, 0.05) is 5.69 Å². The fraction of sp³-hybridized carbons (Fsp3) is 0.105. The van der Waals surface area contributed by atoms with E-state index in [1.165, 1.54) is 6.20 Å². The summed E-state index contributed by atoms with van der Waals surface area (Å²) < 4.78 is 27.2. The Morgan fingerprint density at radius 1 is 0.840 bits per heavy atom. The van der Waals surface area contributed by atoms with Gasteiger partial charge in [-0.15, -0.1) is 0 Å². The van der Waals surface area contributed by atoms with Crippen LogP contribution in [0.25, 0.3) is 0 Å². The lowest BCUT2D eigenvalue weighted by Crippen LogP contribution is -2.13. The van der Waals surface area contributed by atoms with Gasteiger partial charge in [0.1, 0.15) is 5.82 Å². The van der Waals surface area contributed by atoms with E-state index >= 15 is 0 Å². The number of benzene rings is 2. The molecule has 2 N–H and O–H groups in total. The van der Waals surface area contributed by atoms with Crippen LogP contribution in [0.2, 0.25) is 0 Å². The van der Waals surface area contributed by atoms with Crippen LogP contribution in [0.5, 0.6) is 0 Å². The molecule has 0 aliphatic rings. The van der Waals surface area contributed by atoms with Gasteiger partial charge < -0.3 is 5.32 Å². The van der Waals surface area contributed by atoms with Crippen LogP contribution >= 0.6 is 0 Å². The third-order valence-corrected chi connectivity index (χ3v) is 5.20. The van der Waals surface area contributed by atoms with Crippen LogP contribution in [-0.4, -0.2) is 13.4 Å². The van der Waals surface area contributed by atoms with Crippen LogP contribution in [0, 0.1) is 13.8 Å². The minimum Gasteiger partial charge on any atom is -0.340 e. The summed E-state index contributed by atoms with van der Waals surface area (Å²) in [7, 11) is -3.61. The summed E-state index contributed by atoms with van der Waals surface area (Å²) in [4.78, 5) is 4.51. The molecule has 1 aromatic heterocycles. The number of rotatable bonds is 5. The van der Waals surface area contributed by atoms with Gasteiger partial charge in [-0.25, -0.2) is 13.4 Å². The molecule has 0 bridgehead atoms. The fourth-order valence-corrected chi connectivity index (χ4v) is 3.55. The first kappa shape index (κ1) is 17.0. The van der Waals surface area contributed by atoms with Gasteiger partial charge in [-0.1, -0.05) is 36.4 Å². The largest absolute Gasteiger partial charge is 0.340 e. The van der Waals surface area contributed by atoms with Gasteiger partial charge >= 0.3 is 0 Å². The smallest absolute Gasteiger partial charge is 0.261 e. The molecule has 0 saturated carbocycles. The molecule has 3 rings (SSSR count). The minimum atomic E-state index is -3.61. The topological polar surface area (TPSA) is 71.1 Å². The zero-order valence-electron chi connectivity index (χ0n) is 14.0. The highest BCUT2D eigenvalue weighted by atomic mass is 32.2. The highest BCUT2D eigenvalue weighted by Gasteiger charge is 2.13. The first-order valence-corrected chi connectivity index (χ1v) is 9.31. The van der Waals surface area contributed by atoms with E-state index in [-0.39, 0.29) is 4.90 Å². The molecule has 0 aliphatic heterocycles. The van der Waals surface area contributed by atoms with E-state index in [4.69, 9.17) is 0 Å². The average Bonchev–Trinajstić information content (AvgIpc) is 2.60. The number of hydrogen-bond acceptors (Lipinski definition) is 4. The predicted octanol–water partition coefficient (Wildman–Crippen LogP) is 4.24. The molecule has 0 aliphatic carbocycles. The van der Waals surface area contributed by atoms with Crippen molar-refractivity contribution in [3.05, 3.63) is 78.0 Å². The van der Waals surface area contributed by atoms with Gasteiger partial charge in [-0.05, 0) is 49.2 Å². The quantitative estimate of drug-likeness (QED) is 0.719. The SMILES string of the molecule is Cc1cccc(C)c1Nc1ccc(NS(=O)(=O)c2ccccc2)cn1. The Bertz CT molecular complexity index is 949. The maximum Gasteiger partial charge on any atom is 0.261 e. The van der Waals surface area contributed by atoms with Crippen molar-refractivity contribution in [2.75, 3.05) is 10.0 Å². The second kappa shape index (κ2) is 6.94. The number of sulfonamides is 1. The Hall–Kier alpha value is -2.86. The van der Waals surface area contributed by atoms with Crippen LogP contribution in [0.15, 0.2) is 71.8 Å². The molecule has 0 atom stereocenters. The van der Waals surface area contributed by atoms with E-state index in [1.807, 2.05) is 32.0 Å². The van der Waals surface area contributed by atoms with Crippen LogP contribution in [0.1, 0.15) is 11.1 Å². The first-order chi connectivity index (χ1) is 12.0. The maximum absolute atomic E-state index is 12.3. The zero-order chi connectivity index (χ0) is 17.9. The third kappa shape index (κ3) is 3.97. The van der Waals surface area contributed by atoms with Crippen molar-refractivity contribution in [2.24, 2.45) is 0 Å². The van der Waals surface area contributed by atoms with E-state index in [2.05, 4.69) is 15.0 Å². The molecule has 25 heavy (non-hydrogen) atoms. The summed E-state index contributed by atoms with van der Waals surface area (Å²) in [6, 6.07) is 17.7. The molecule has 5 nitrogen and oxygen atoms in total. The standard InChI is InChI=1S/C19H19N3O2S/c1-14-7-6-8-15(2)19(14)21-18-12-11-16(13-20-18)22-25(23,24)17-9-4-3-5-10-17/h3-13,22H,1-2H3,(H,20,21). The van der Waals surface area contributed by atoms with Crippen molar-refractivity contribution in [3.63, 3.8) is 0 Å². The van der Waals surface area contributed by atoms with Gasteiger partial charge in [0.05, 0.1) is 16.8 Å². The number of aromatic nitrogens is 1. The number of nitrogens with one attached hydrogen (secondary N) is 2. The number of aryl methyl sites for hydroxylation is 2. The van der Waals surface area contributed by atoms with Crippen LogP contribution in [-0.2, 0) is 10.0 Å². The molecule has 0 unspecified atom stereocenters. The van der Waals surface area contributed by atoms with E-state index in [0.29, 0.717) is 11.5 Å². The Balaban J connectivity index is 1.77. The lowest BCUT2D eigenvalue weighted by atomic mass is 10.1. The Kier molecular flexibility index (Phi) is 4.72. The molecule has 0 amide bonds. The number of para-hydroxylation sites is 1.